The van der Waals surface area contributed by atoms with Crippen molar-refractivity contribution in [2.75, 3.05) is 0 Å². The minimum Gasteiger partial charge on any atom is -0.277 e. The molecule has 1 fully saturated rings. The molecule has 1 aliphatic heterocycles. The van der Waals surface area contributed by atoms with Gasteiger partial charge in [0.25, 0.3) is 0 Å². The fourth-order valence-corrected chi connectivity index (χ4v) is 2.46. The van der Waals surface area contributed by atoms with E-state index in [4.69, 9.17) is 0 Å². The lowest BCUT2D eigenvalue weighted by molar-refractivity contribution is -0.144. The molecular formula is C15H17FN2O3. The number of hydrogen-bond donors (Lipinski definition) is 1. The number of halogens is 1. The van der Waals surface area contributed by atoms with Gasteiger partial charge in [-0.25, -0.2) is 9.18 Å². The highest BCUT2D eigenvalue weighted by Crippen LogP contribution is 2.26. The number of hydrogen-bond acceptors (Lipinski definition) is 3. The predicted molar refractivity (Wildman–Crippen MR) is 73.6 cm³/mol. The summed E-state index contributed by atoms with van der Waals surface area (Å²) in [6.45, 7) is 3.49. The zero-order chi connectivity index (χ0) is 15.6. The van der Waals surface area contributed by atoms with E-state index in [1.807, 2.05) is 6.92 Å². The third kappa shape index (κ3) is 2.94. The van der Waals surface area contributed by atoms with Gasteiger partial charge in [-0.3, -0.25) is 19.8 Å². The Morgan fingerprint density at radius 1 is 1.33 bits per heavy atom. The van der Waals surface area contributed by atoms with Gasteiger partial charge in [0.2, 0.25) is 11.8 Å². The lowest BCUT2D eigenvalue weighted by atomic mass is 9.97. The Balaban J connectivity index is 2.30. The van der Waals surface area contributed by atoms with Crippen LogP contribution in [0.4, 0.5) is 9.18 Å². The fourth-order valence-electron chi connectivity index (χ4n) is 2.46. The van der Waals surface area contributed by atoms with Gasteiger partial charge in [-0.1, -0.05) is 25.5 Å². The first-order valence-corrected chi connectivity index (χ1v) is 6.89. The number of rotatable bonds is 4. The maximum absolute atomic E-state index is 13.3. The van der Waals surface area contributed by atoms with Crippen LogP contribution in [0.25, 0.3) is 0 Å². The molecule has 1 N–H and O–H groups in total. The van der Waals surface area contributed by atoms with Crippen LogP contribution in [0.3, 0.4) is 0 Å². The van der Waals surface area contributed by atoms with Gasteiger partial charge in [-0.15, -0.1) is 0 Å². The first-order valence-electron chi connectivity index (χ1n) is 6.89. The molecule has 2 atom stereocenters. The maximum atomic E-state index is 13.3. The van der Waals surface area contributed by atoms with Crippen LogP contribution in [-0.2, 0) is 9.59 Å². The van der Waals surface area contributed by atoms with E-state index >= 15 is 0 Å². The van der Waals surface area contributed by atoms with E-state index in [-0.39, 0.29) is 0 Å². The van der Waals surface area contributed by atoms with Gasteiger partial charge >= 0.3 is 6.03 Å². The number of barbiturate groups is 1. The van der Waals surface area contributed by atoms with Crippen molar-refractivity contribution < 1.29 is 18.8 Å². The number of carbonyl (C=O) groups excluding carboxylic acids is 3. The second-order valence-electron chi connectivity index (χ2n) is 5.07. The summed E-state index contributed by atoms with van der Waals surface area (Å²) in [6, 6.07) is 4.32. The number of amides is 4. The molecule has 4 amide bonds. The summed E-state index contributed by atoms with van der Waals surface area (Å²) in [6.07, 6.45) is 1.03. The fraction of sp³-hybridized carbons (Fsp3) is 0.400. The van der Waals surface area contributed by atoms with Gasteiger partial charge in [0, 0.05) is 0 Å². The summed E-state index contributed by atoms with van der Waals surface area (Å²) in [5.74, 6) is -2.38. The minimum absolute atomic E-state index is 0.379. The Morgan fingerprint density at radius 3 is 2.67 bits per heavy atom. The molecule has 0 saturated carbocycles. The molecule has 1 heterocycles. The van der Waals surface area contributed by atoms with E-state index in [9.17, 15) is 18.8 Å². The van der Waals surface area contributed by atoms with Crippen molar-refractivity contribution in [3.8, 4) is 0 Å². The highest BCUT2D eigenvalue weighted by atomic mass is 19.1. The third-order valence-corrected chi connectivity index (χ3v) is 3.60. The van der Waals surface area contributed by atoms with Gasteiger partial charge in [0.05, 0.1) is 6.04 Å². The summed E-state index contributed by atoms with van der Waals surface area (Å²) >= 11 is 0. The molecule has 1 saturated heterocycles. The van der Waals surface area contributed by atoms with E-state index in [2.05, 4.69) is 5.32 Å². The lowest BCUT2D eigenvalue weighted by Gasteiger charge is -2.34. The number of imide groups is 2. The first kappa shape index (κ1) is 15.2. The molecule has 0 aliphatic carbocycles. The molecule has 0 spiro atoms. The van der Waals surface area contributed by atoms with Crippen LogP contribution in [0, 0.1) is 11.7 Å². The number of nitrogens with one attached hydrogen (secondary N) is 1. The second kappa shape index (κ2) is 6.03. The molecule has 2 rings (SSSR count). The molecule has 0 radical (unpaired) electrons. The average molecular weight is 292 g/mol. The highest BCUT2D eigenvalue weighted by Gasteiger charge is 2.42. The van der Waals surface area contributed by atoms with Crippen LogP contribution in [0.1, 0.15) is 38.3 Å². The van der Waals surface area contributed by atoms with Gasteiger partial charge in [-0.2, -0.15) is 0 Å². The van der Waals surface area contributed by atoms with E-state index in [0.717, 1.165) is 4.90 Å². The van der Waals surface area contributed by atoms with Gasteiger partial charge in [-0.05, 0) is 31.0 Å². The Bertz CT molecular complexity index is 588. The number of benzene rings is 1. The second-order valence-corrected chi connectivity index (χ2v) is 5.07. The summed E-state index contributed by atoms with van der Waals surface area (Å²) in [7, 11) is 0. The lowest BCUT2D eigenvalue weighted by Crippen LogP contribution is -2.58. The Hall–Kier alpha value is -2.24. The molecule has 1 aromatic carbocycles. The van der Waals surface area contributed by atoms with Crippen molar-refractivity contribution in [2.45, 2.75) is 32.7 Å². The third-order valence-electron chi connectivity index (χ3n) is 3.60. The molecule has 2 unspecified atom stereocenters. The SMILES string of the molecule is CCCC1C(=O)NC(=O)N(C(C)c2cccc(F)c2)C1=O. The quantitative estimate of drug-likeness (QED) is 0.866. The number of carbonyl (C=O) groups is 3. The normalized spacial score (nSPS) is 20.4. The zero-order valence-electron chi connectivity index (χ0n) is 11.9. The van der Waals surface area contributed by atoms with Gasteiger partial charge < -0.3 is 0 Å². The molecule has 21 heavy (non-hydrogen) atoms. The number of nitrogens with zero attached hydrogens (tertiary/aromatic N) is 1. The monoisotopic (exact) mass is 292 g/mol. The molecule has 1 aromatic rings. The summed E-state index contributed by atoms with van der Waals surface area (Å²) in [5, 5.41) is 2.19. The molecule has 5 nitrogen and oxygen atoms in total. The predicted octanol–water partition coefficient (Wildman–Crippen LogP) is 2.38. The minimum atomic E-state index is -0.858. The Morgan fingerprint density at radius 2 is 2.05 bits per heavy atom. The van der Waals surface area contributed by atoms with Crippen molar-refractivity contribution in [2.24, 2.45) is 5.92 Å². The van der Waals surface area contributed by atoms with Crippen LogP contribution in [0.5, 0.6) is 0 Å². The average Bonchev–Trinajstić information content (AvgIpc) is 2.43. The van der Waals surface area contributed by atoms with Crippen molar-refractivity contribution in [3.63, 3.8) is 0 Å². The van der Waals surface area contributed by atoms with Crippen molar-refractivity contribution in [3.05, 3.63) is 35.6 Å². The smallest absolute Gasteiger partial charge is 0.277 e. The molecule has 1 aliphatic rings. The van der Waals surface area contributed by atoms with Crippen LogP contribution in [0.15, 0.2) is 24.3 Å². The summed E-state index contributed by atoms with van der Waals surface area (Å²) in [5.41, 5.74) is 0.503. The molecule has 6 heteroatoms. The first-order chi connectivity index (χ1) is 9.95. The van der Waals surface area contributed by atoms with Crippen LogP contribution in [-0.4, -0.2) is 22.7 Å². The summed E-state index contributed by atoms with van der Waals surface area (Å²) in [4.78, 5) is 37.1. The standard InChI is InChI=1S/C15H17FN2O3/c1-3-5-12-13(19)17-15(21)18(14(12)20)9(2)10-6-4-7-11(16)8-10/h4,6-9,12H,3,5H2,1-2H3,(H,17,19,21). The van der Waals surface area contributed by atoms with E-state index in [1.165, 1.54) is 18.2 Å². The van der Waals surface area contributed by atoms with E-state index in [0.29, 0.717) is 18.4 Å². The largest absolute Gasteiger partial charge is 0.331 e. The molecule has 112 valence electrons. The van der Waals surface area contributed by atoms with E-state index < -0.39 is 35.6 Å². The van der Waals surface area contributed by atoms with Crippen molar-refractivity contribution in [1.82, 2.24) is 10.2 Å². The molecule has 0 bridgehead atoms. The van der Waals surface area contributed by atoms with Gasteiger partial charge in [0.1, 0.15) is 11.7 Å². The maximum Gasteiger partial charge on any atom is 0.331 e. The van der Waals surface area contributed by atoms with Gasteiger partial charge in [0.15, 0.2) is 0 Å². The van der Waals surface area contributed by atoms with Crippen molar-refractivity contribution in [1.29, 1.82) is 0 Å². The molecular weight excluding hydrogens is 275 g/mol. The Kier molecular flexibility index (Phi) is 4.35. The zero-order valence-corrected chi connectivity index (χ0v) is 11.9. The van der Waals surface area contributed by atoms with Crippen LogP contribution >= 0.6 is 0 Å². The highest BCUT2D eigenvalue weighted by molar-refractivity contribution is 6.16. The Labute approximate surface area is 122 Å². The summed E-state index contributed by atoms with van der Waals surface area (Å²) < 4.78 is 13.3. The van der Waals surface area contributed by atoms with E-state index in [1.54, 1.807) is 13.0 Å². The van der Waals surface area contributed by atoms with Crippen LogP contribution < -0.4 is 5.32 Å². The van der Waals surface area contributed by atoms with Crippen LogP contribution in [0.2, 0.25) is 0 Å². The number of urea groups is 1. The van der Waals surface area contributed by atoms with Crippen molar-refractivity contribution >= 4 is 17.8 Å². The molecule has 0 aromatic heterocycles. The topological polar surface area (TPSA) is 66.5 Å².